The van der Waals surface area contributed by atoms with E-state index in [4.69, 9.17) is 10.00 Å². The maximum absolute atomic E-state index is 13.0. The smallest absolute Gasteiger partial charge is 0.250 e. The molecule has 0 aromatic heterocycles. The minimum atomic E-state index is -0.980. The number of fused-ring (bicyclic) bond motifs is 1. The van der Waals surface area contributed by atoms with E-state index in [0.717, 1.165) is 0 Å². The van der Waals surface area contributed by atoms with Gasteiger partial charge in [-0.25, -0.2) is 0 Å². The van der Waals surface area contributed by atoms with Crippen molar-refractivity contribution in [3.05, 3.63) is 24.3 Å². The van der Waals surface area contributed by atoms with Gasteiger partial charge in [0.05, 0.1) is 30.6 Å². The molecule has 1 atom stereocenters. The van der Waals surface area contributed by atoms with E-state index in [1.165, 1.54) is 0 Å². The molecule has 7 nitrogen and oxygen atoms in total. The highest BCUT2D eigenvalue weighted by atomic mass is 16.5. The summed E-state index contributed by atoms with van der Waals surface area (Å²) >= 11 is 0. The number of benzene rings is 1. The van der Waals surface area contributed by atoms with Crippen LogP contribution in [0, 0.1) is 11.3 Å². The molecule has 126 valence electrons. The zero-order valence-corrected chi connectivity index (χ0v) is 13.8. The summed E-state index contributed by atoms with van der Waals surface area (Å²) in [6.45, 7) is 5.01. The number of carbonyl (C=O) groups is 2. The first kappa shape index (κ1) is 16.4. The second-order valence-corrected chi connectivity index (χ2v) is 6.48. The van der Waals surface area contributed by atoms with Gasteiger partial charge >= 0.3 is 0 Å². The molecule has 1 aromatic rings. The fourth-order valence-electron chi connectivity index (χ4n) is 3.08. The van der Waals surface area contributed by atoms with Crippen molar-refractivity contribution in [1.82, 2.24) is 4.90 Å². The first-order valence-electron chi connectivity index (χ1n) is 7.90. The third-order valence-corrected chi connectivity index (χ3v) is 4.41. The summed E-state index contributed by atoms with van der Waals surface area (Å²) in [4.78, 5) is 28.8. The molecule has 1 aromatic carbocycles. The maximum atomic E-state index is 13.0. The predicted molar refractivity (Wildman–Crippen MR) is 88.4 cm³/mol. The van der Waals surface area contributed by atoms with Crippen LogP contribution in [0.2, 0.25) is 0 Å². The second kappa shape index (κ2) is 6.23. The Morgan fingerprint density at radius 3 is 2.96 bits per heavy atom. The molecule has 1 unspecified atom stereocenters. The summed E-state index contributed by atoms with van der Waals surface area (Å²) < 4.78 is 5.31. The van der Waals surface area contributed by atoms with Crippen LogP contribution in [0.15, 0.2) is 24.3 Å². The van der Waals surface area contributed by atoms with Gasteiger partial charge in [0, 0.05) is 13.1 Å². The van der Waals surface area contributed by atoms with Crippen molar-refractivity contribution >= 4 is 23.2 Å². The molecule has 2 aliphatic heterocycles. The molecule has 0 aliphatic carbocycles. The highest BCUT2D eigenvalue weighted by Gasteiger charge is 2.43. The van der Waals surface area contributed by atoms with Crippen molar-refractivity contribution in [2.75, 3.05) is 36.5 Å². The lowest BCUT2D eigenvalue weighted by molar-refractivity contribution is -0.127. The molecule has 0 bridgehead atoms. The summed E-state index contributed by atoms with van der Waals surface area (Å²) in [6, 6.07) is 9.34. The van der Waals surface area contributed by atoms with Gasteiger partial charge in [0.2, 0.25) is 11.8 Å². The Labute approximate surface area is 140 Å². The van der Waals surface area contributed by atoms with Crippen molar-refractivity contribution in [3.8, 4) is 6.07 Å². The van der Waals surface area contributed by atoms with Gasteiger partial charge in [0.15, 0.2) is 6.10 Å². The molecule has 1 saturated heterocycles. The molecule has 0 radical (unpaired) electrons. The molecule has 7 heteroatoms. The predicted octanol–water partition coefficient (Wildman–Crippen LogP) is 0.975. The lowest BCUT2D eigenvalue weighted by atomic mass is 9.96. The Morgan fingerprint density at radius 1 is 1.46 bits per heavy atom. The lowest BCUT2D eigenvalue weighted by Crippen LogP contribution is -2.60. The van der Waals surface area contributed by atoms with E-state index in [0.29, 0.717) is 31.1 Å². The van der Waals surface area contributed by atoms with E-state index < -0.39 is 11.6 Å². The minimum Gasteiger partial charge on any atom is -0.361 e. The lowest BCUT2D eigenvalue weighted by Gasteiger charge is -2.43. The highest BCUT2D eigenvalue weighted by molar-refractivity contribution is 6.14. The van der Waals surface area contributed by atoms with Crippen LogP contribution in [-0.4, -0.2) is 54.6 Å². The summed E-state index contributed by atoms with van der Waals surface area (Å²) in [7, 11) is 0. The molecular weight excluding hydrogens is 308 g/mol. The molecule has 1 N–H and O–H groups in total. The van der Waals surface area contributed by atoms with Crippen molar-refractivity contribution in [1.29, 1.82) is 5.26 Å². The summed E-state index contributed by atoms with van der Waals surface area (Å²) in [5.41, 5.74) is 0.344. The summed E-state index contributed by atoms with van der Waals surface area (Å²) in [6.07, 6.45) is -0.517. The van der Waals surface area contributed by atoms with E-state index in [-0.39, 0.29) is 18.4 Å². The van der Waals surface area contributed by atoms with E-state index in [1.54, 1.807) is 24.8 Å². The SMILES string of the molecule is CC1(C)C(=O)Nc2ccccc2N1C(=O)CN1CCOC(C#N)C1. The number of amides is 2. The van der Waals surface area contributed by atoms with Gasteiger partial charge in [0.25, 0.3) is 0 Å². The van der Waals surface area contributed by atoms with Crippen molar-refractivity contribution in [2.45, 2.75) is 25.5 Å². The Kier molecular flexibility index (Phi) is 4.26. The average molecular weight is 328 g/mol. The molecular formula is C17H20N4O3. The zero-order valence-electron chi connectivity index (χ0n) is 13.8. The van der Waals surface area contributed by atoms with Crippen molar-refractivity contribution in [2.24, 2.45) is 0 Å². The number of carbonyl (C=O) groups excluding carboxylic acids is 2. The Bertz CT molecular complexity index is 710. The number of morpholine rings is 1. The van der Waals surface area contributed by atoms with Crippen LogP contribution in [0.3, 0.4) is 0 Å². The Morgan fingerprint density at radius 2 is 2.21 bits per heavy atom. The first-order valence-corrected chi connectivity index (χ1v) is 7.90. The number of nitrogens with one attached hydrogen (secondary N) is 1. The molecule has 2 aliphatic rings. The van der Waals surface area contributed by atoms with Gasteiger partial charge in [-0.05, 0) is 26.0 Å². The maximum Gasteiger partial charge on any atom is 0.250 e. The highest BCUT2D eigenvalue weighted by Crippen LogP contribution is 2.36. The standard InChI is InChI=1S/C17H20N4O3/c1-17(2)16(23)19-13-5-3-4-6-14(13)21(17)15(22)11-20-7-8-24-12(9-18)10-20/h3-6,12H,7-8,10-11H2,1-2H3,(H,19,23). The minimum absolute atomic E-state index is 0.145. The molecule has 3 rings (SSSR count). The largest absolute Gasteiger partial charge is 0.361 e. The van der Waals surface area contributed by atoms with Gasteiger partial charge in [-0.2, -0.15) is 5.26 Å². The molecule has 1 fully saturated rings. The molecule has 0 saturated carbocycles. The van der Waals surface area contributed by atoms with Crippen LogP contribution in [0.5, 0.6) is 0 Å². The molecule has 0 spiro atoms. The third-order valence-electron chi connectivity index (χ3n) is 4.41. The number of ether oxygens (including phenoxy) is 1. The molecule has 24 heavy (non-hydrogen) atoms. The van der Waals surface area contributed by atoms with Gasteiger partial charge in [-0.15, -0.1) is 0 Å². The Hall–Kier alpha value is -2.43. The number of nitrogens with zero attached hydrogens (tertiary/aromatic N) is 3. The van der Waals surface area contributed by atoms with Crippen LogP contribution < -0.4 is 10.2 Å². The van der Waals surface area contributed by atoms with E-state index in [2.05, 4.69) is 11.4 Å². The van der Waals surface area contributed by atoms with Crippen LogP contribution >= 0.6 is 0 Å². The Balaban J connectivity index is 1.85. The van der Waals surface area contributed by atoms with E-state index in [9.17, 15) is 9.59 Å². The fourth-order valence-corrected chi connectivity index (χ4v) is 3.08. The van der Waals surface area contributed by atoms with Crippen molar-refractivity contribution in [3.63, 3.8) is 0 Å². The van der Waals surface area contributed by atoms with Crippen LogP contribution in [0.1, 0.15) is 13.8 Å². The number of para-hydroxylation sites is 2. The van der Waals surface area contributed by atoms with Crippen LogP contribution in [-0.2, 0) is 14.3 Å². The monoisotopic (exact) mass is 328 g/mol. The van der Waals surface area contributed by atoms with Gasteiger partial charge in [-0.3, -0.25) is 19.4 Å². The number of nitriles is 1. The number of hydrogen-bond acceptors (Lipinski definition) is 5. The molecule has 2 amide bonds. The van der Waals surface area contributed by atoms with Gasteiger partial charge < -0.3 is 10.1 Å². The summed E-state index contributed by atoms with van der Waals surface area (Å²) in [5.74, 6) is -0.382. The summed E-state index contributed by atoms with van der Waals surface area (Å²) in [5, 5.41) is 11.8. The van der Waals surface area contributed by atoms with Gasteiger partial charge in [-0.1, -0.05) is 12.1 Å². The van der Waals surface area contributed by atoms with Crippen molar-refractivity contribution < 1.29 is 14.3 Å². The van der Waals surface area contributed by atoms with E-state index in [1.807, 2.05) is 23.1 Å². The molecule has 2 heterocycles. The van der Waals surface area contributed by atoms with E-state index >= 15 is 0 Å². The zero-order chi connectivity index (χ0) is 17.3. The normalized spacial score (nSPS) is 23.1. The second-order valence-electron chi connectivity index (χ2n) is 6.48. The van der Waals surface area contributed by atoms with Crippen LogP contribution in [0.4, 0.5) is 11.4 Å². The average Bonchev–Trinajstić information content (AvgIpc) is 2.55. The van der Waals surface area contributed by atoms with Gasteiger partial charge in [0.1, 0.15) is 5.54 Å². The number of hydrogen-bond donors (Lipinski definition) is 1. The van der Waals surface area contributed by atoms with Crippen LogP contribution in [0.25, 0.3) is 0 Å². The topological polar surface area (TPSA) is 85.7 Å². The fraction of sp³-hybridized carbons (Fsp3) is 0.471. The number of anilines is 2. The quantitative estimate of drug-likeness (QED) is 0.874. The number of rotatable bonds is 2. The third kappa shape index (κ3) is 2.86. The first-order chi connectivity index (χ1) is 11.4.